The van der Waals surface area contributed by atoms with Crippen molar-refractivity contribution in [2.75, 3.05) is 39.5 Å². The molecule has 22 heavy (non-hydrogen) atoms. The van der Waals surface area contributed by atoms with Crippen molar-refractivity contribution in [1.29, 1.82) is 0 Å². The molecular formula is C15H24N2O4S. The Bertz CT molecular complexity index is 559. The number of piperazine rings is 1. The lowest BCUT2D eigenvalue weighted by Gasteiger charge is -2.32. The molecule has 0 amide bonds. The van der Waals surface area contributed by atoms with Gasteiger partial charge in [-0.25, -0.2) is 8.42 Å². The van der Waals surface area contributed by atoms with Crippen LogP contribution >= 0.6 is 0 Å². The quantitative estimate of drug-likeness (QED) is 0.759. The summed E-state index contributed by atoms with van der Waals surface area (Å²) in [7, 11) is -3.44. The predicted molar refractivity (Wildman–Crippen MR) is 84.7 cm³/mol. The molecule has 1 aromatic carbocycles. The zero-order chi connectivity index (χ0) is 16.0. The van der Waals surface area contributed by atoms with E-state index in [1.165, 1.54) is 0 Å². The third-order valence-electron chi connectivity index (χ3n) is 3.57. The van der Waals surface area contributed by atoms with E-state index in [9.17, 15) is 8.42 Å². The van der Waals surface area contributed by atoms with Crippen LogP contribution in [-0.2, 0) is 14.8 Å². The Labute approximate surface area is 132 Å². The van der Waals surface area contributed by atoms with Gasteiger partial charge in [0.05, 0.1) is 11.5 Å². The number of nitrogens with one attached hydrogen (secondary N) is 1. The van der Waals surface area contributed by atoms with Crippen LogP contribution in [0, 0.1) is 0 Å². The molecule has 1 N–H and O–H groups in total. The molecule has 0 saturated carbocycles. The summed E-state index contributed by atoms with van der Waals surface area (Å²) in [5, 5.41) is 3.19. The maximum Gasteiger partial charge on any atom is 0.243 e. The molecule has 1 saturated heterocycles. The molecule has 1 fully saturated rings. The van der Waals surface area contributed by atoms with Crippen molar-refractivity contribution in [2.24, 2.45) is 0 Å². The van der Waals surface area contributed by atoms with Crippen LogP contribution in [0.25, 0.3) is 0 Å². The molecule has 0 bridgehead atoms. The summed E-state index contributed by atoms with van der Waals surface area (Å²) in [6, 6.07) is 6.53. The van der Waals surface area contributed by atoms with Gasteiger partial charge in [-0.15, -0.1) is 0 Å². The topological polar surface area (TPSA) is 67.9 Å². The first kappa shape index (κ1) is 17.2. The molecule has 1 atom stereocenters. The van der Waals surface area contributed by atoms with E-state index >= 15 is 0 Å². The highest BCUT2D eigenvalue weighted by atomic mass is 32.2. The Balaban J connectivity index is 2.02. The van der Waals surface area contributed by atoms with Crippen LogP contribution in [0.1, 0.15) is 13.8 Å². The number of benzene rings is 1. The van der Waals surface area contributed by atoms with Crippen molar-refractivity contribution in [2.45, 2.75) is 24.8 Å². The van der Waals surface area contributed by atoms with Crippen molar-refractivity contribution in [3.8, 4) is 5.75 Å². The van der Waals surface area contributed by atoms with Gasteiger partial charge >= 0.3 is 0 Å². The molecule has 0 radical (unpaired) electrons. The normalized spacial score (nSPS) is 20.0. The van der Waals surface area contributed by atoms with Gasteiger partial charge in [-0.1, -0.05) is 0 Å². The van der Waals surface area contributed by atoms with Crippen LogP contribution in [-0.4, -0.2) is 58.2 Å². The summed E-state index contributed by atoms with van der Waals surface area (Å²) in [5.41, 5.74) is 0. The number of hydrogen-bond donors (Lipinski definition) is 1. The lowest BCUT2D eigenvalue weighted by molar-refractivity contribution is 0.110. The van der Waals surface area contributed by atoms with Gasteiger partial charge < -0.3 is 14.8 Å². The zero-order valence-electron chi connectivity index (χ0n) is 13.1. The number of rotatable bonds is 7. The van der Waals surface area contributed by atoms with Crippen molar-refractivity contribution < 1.29 is 17.9 Å². The van der Waals surface area contributed by atoms with Crippen LogP contribution in [0.2, 0.25) is 0 Å². The minimum absolute atomic E-state index is 0.0409. The van der Waals surface area contributed by atoms with Gasteiger partial charge in [0.25, 0.3) is 0 Å². The van der Waals surface area contributed by atoms with Crippen molar-refractivity contribution in [3.63, 3.8) is 0 Å². The minimum Gasteiger partial charge on any atom is -0.491 e. The molecular weight excluding hydrogens is 304 g/mol. The Hall–Kier alpha value is -1.15. The SMILES string of the molecule is CCOCCOc1ccc(S(=O)(=O)N2CCNCC2C)cc1. The largest absolute Gasteiger partial charge is 0.491 e. The van der Waals surface area contributed by atoms with Gasteiger partial charge in [0.1, 0.15) is 12.4 Å². The van der Waals surface area contributed by atoms with E-state index in [1.54, 1.807) is 28.6 Å². The lowest BCUT2D eigenvalue weighted by atomic mass is 10.3. The first-order chi connectivity index (χ1) is 10.6. The Morgan fingerprint density at radius 2 is 2.00 bits per heavy atom. The van der Waals surface area contributed by atoms with Crippen LogP contribution < -0.4 is 10.1 Å². The van der Waals surface area contributed by atoms with Crippen molar-refractivity contribution in [1.82, 2.24) is 9.62 Å². The van der Waals surface area contributed by atoms with E-state index in [4.69, 9.17) is 9.47 Å². The second-order valence-corrected chi connectivity index (χ2v) is 7.08. The molecule has 7 heteroatoms. The fraction of sp³-hybridized carbons (Fsp3) is 0.600. The Morgan fingerprint density at radius 1 is 1.27 bits per heavy atom. The monoisotopic (exact) mass is 328 g/mol. The summed E-state index contributed by atoms with van der Waals surface area (Å²) in [5.74, 6) is 0.645. The van der Waals surface area contributed by atoms with Gasteiger partial charge in [-0.3, -0.25) is 0 Å². The van der Waals surface area contributed by atoms with Gasteiger partial charge in [-0.2, -0.15) is 4.31 Å². The van der Waals surface area contributed by atoms with Gasteiger partial charge in [-0.05, 0) is 38.1 Å². The highest BCUT2D eigenvalue weighted by molar-refractivity contribution is 7.89. The third-order valence-corrected chi connectivity index (χ3v) is 5.60. The van der Waals surface area contributed by atoms with E-state index in [0.29, 0.717) is 50.1 Å². The lowest BCUT2D eigenvalue weighted by Crippen LogP contribution is -2.52. The smallest absolute Gasteiger partial charge is 0.243 e. The predicted octanol–water partition coefficient (Wildman–Crippen LogP) is 1.08. The van der Waals surface area contributed by atoms with E-state index in [-0.39, 0.29) is 6.04 Å². The number of ether oxygens (including phenoxy) is 2. The van der Waals surface area contributed by atoms with E-state index < -0.39 is 10.0 Å². The molecule has 0 aliphatic carbocycles. The molecule has 0 spiro atoms. The highest BCUT2D eigenvalue weighted by Crippen LogP contribution is 2.22. The summed E-state index contributed by atoms with van der Waals surface area (Å²) >= 11 is 0. The maximum atomic E-state index is 12.6. The minimum atomic E-state index is -3.44. The van der Waals surface area contributed by atoms with Gasteiger partial charge in [0, 0.05) is 32.3 Å². The fourth-order valence-electron chi connectivity index (χ4n) is 2.39. The van der Waals surface area contributed by atoms with E-state index in [2.05, 4.69) is 5.32 Å². The molecule has 2 rings (SSSR count). The van der Waals surface area contributed by atoms with Crippen LogP contribution in [0.3, 0.4) is 0 Å². The molecule has 1 aliphatic heterocycles. The first-order valence-corrected chi connectivity index (χ1v) is 9.03. The van der Waals surface area contributed by atoms with Crippen molar-refractivity contribution >= 4 is 10.0 Å². The maximum absolute atomic E-state index is 12.6. The van der Waals surface area contributed by atoms with Crippen LogP contribution in [0.15, 0.2) is 29.2 Å². The van der Waals surface area contributed by atoms with Crippen LogP contribution in [0.4, 0.5) is 0 Å². The summed E-state index contributed by atoms with van der Waals surface area (Å²) < 4.78 is 37.5. The Kier molecular flexibility index (Phi) is 6.19. The molecule has 6 nitrogen and oxygen atoms in total. The van der Waals surface area contributed by atoms with Crippen LogP contribution in [0.5, 0.6) is 5.75 Å². The first-order valence-electron chi connectivity index (χ1n) is 7.59. The zero-order valence-corrected chi connectivity index (χ0v) is 13.9. The van der Waals surface area contributed by atoms with Crippen molar-refractivity contribution in [3.05, 3.63) is 24.3 Å². The number of nitrogens with zero attached hydrogens (tertiary/aromatic N) is 1. The van der Waals surface area contributed by atoms with Gasteiger partial charge in [0.15, 0.2) is 0 Å². The molecule has 1 heterocycles. The Morgan fingerprint density at radius 3 is 2.64 bits per heavy atom. The third kappa shape index (κ3) is 4.19. The summed E-state index contributed by atoms with van der Waals surface area (Å²) in [4.78, 5) is 0.304. The standard InChI is InChI=1S/C15H24N2O4S/c1-3-20-10-11-21-14-4-6-15(7-5-14)22(18,19)17-9-8-16-12-13(17)2/h4-7,13,16H,3,8-12H2,1-2H3. The average molecular weight is 328 g/mol. The molecule has 1 aliphatic rings. The fourth-order valence-corrected chi connectivity index (χ4v) is 4.02. The van der Waals surface area contributed by atoms with E-state index in [1.807, 2.05) is 13.8 Å². The van der Waals surface area contributed by atoms with E-state index in [0.717, 1.165) is 0 Å². The number of sulfonamides is 1. The second kappa shape index (κ2) is 7.92. The second-order valence-electron chi connectivity index (χ2n) is 5.19. The average Bonchev–Trinajstić information content (AvgIpc) is 2.52. The number of hydrogen-bond acceptors (Lipinski definition) is 5. The molecule has 0 aromatic heterocycles. The van der Waals surface area contributed by atoms with Gasteiger partial charge in [0.2, 0.25) is 10.0 Å². The molecule has 1 unspecified atom stereocenters. The summed E-state index contributed by atoms with van der Waals surface area (Å²) in [6.45, 7) is 7.33. The molecule has 124 valence electrons. The highest BCUT2D eigenvalue weighted by Gasteiger charge is 2.30. The summed E-state index contributed by atoms with van der Waals surface area (Å²) in [6.07, 6.45) is 0. The molecule has 1 aromatic rings.